The normalized spacial score (nSPS) is 11.4. The number of rotatable bonds is 4. The molecule has 3 aromatic rings. The molecule has 0 saturated carbocycles. The molecule has 5 heteroatoms. The number of hydrogen-bond donors (Lipinski definition) is 1. The van der Waals surface area contributed by atoms with Gasteiger partial charge in [0.05, 0.1) is 5.56 Å². The largest absolute Gasteiger partial charge is 0.449 e. The summed E-state index contributed by atoms with van der Waals surface area (Å²) in [5.74, 6) is 5.89. The van der Waals surface area contributed by atoms with Crippen LogP contribution in [-0.2, 0) is 4.74 Å². The molecule has 1 N–H and O–H groups in total. The number of pyridine rings is 1. The maximum Gasteiger partial charge on any atom is 0.407 e. The number of nitriles is 1. The van der Waals surface area contributed by atoms with E-state index in [0.29, 0.717) is 24.2 Å². The van der Waals surface area contributed by atoms with Gasteiger partial charge in [-0.25, -0.2) is 9.78 Å². The SMILES string of the molecule is N#Cc1ncccc1C#CCCNC(=O)OCC1c2ccccc2-c2ccccc21. The van der Waals surface area contributed by atoms with Crippen LogP contribution in [0.5, 0.6) is 0 Å². The van der Waals surface area contributed by atoms with Crippen LogP contribution in [0.1, 0.15) is 34.7 Å². The highest BCUT2D eigenvalue weighted by molar-refractivity contribution is 5.79. The number of benzene rings is 2. The standard InChI is InChI=1S/C25H19N3O2/c26-16-24-18(9-7-15-27-24)8-5-6-14-28-25(29)30-17-23-21-12-3-1-10-19(21)20-11-2-4-13-22(20)23/h1-4,7,9-13,15,23H,6,14,17H2,(H,28,29). The Morgan fingerprint density at radius 1 is 1.03 bits per heavy atom. The van der Waals surface area contributed by atoms with Crippen LogP contribution in [0.15, 0.2) is 66.9 Å². The lowest BCUT2D eigenvalue weighted by Crippen LogP contribution is -2.26. The van der Waals surface area contributed by atoms with Crippen molar-refractivity contribution in [3.05, 3.63) is 89.2 Å². The monoisotopic (exact) mass is 393 g/mol. The molecule has 4 rings (SSSR count). The smallest absolute Gasteiger partial charge is 0.407 e. The number of alkyl carbamates (subject to hydrolysis) is 1. The van der Waals surface area contributed by atoms with Crippen molar-refractivity contribution in [2.45, 2.75) is 12.3 Å². The van der Waals surface area contributed by atoms with Gasteiger partial charge in [0.15, 0.2) is 5.69 Å². The van der Waals surface area contributed by atoms with Crippen molar-refractivity contribution in [2.24, 2.45) is 0 Å². The van der Waals surface area contributed by atoms with Crippen molar-refractivity contribution in [1.82, 2.24) is 10.3 Å². The summed E-state index contributed by atoms with van der Waals surface area (Å²) < 4.78 is 5.49. The second kappa shape index (κ2) is 8.94. The Labute approximate surface area is 175 Å². The van der Waals surface area contributed by atoms with Gasteiger partial charge in [0.1, 0.15) is 12.7 Å². The number of hydrogen-bond acceptors (Lipinski definition) is 4. The van der Waals surface area contributed by atoms with E-state index in [0.717, 1.165) is 0 Å². The van der Waals surface area contributed by atoms with E-state index in [9.17, 15) is 4.79 Å². The topological polar surface area (TPSA) is 75.0 Å². The van der Waals surface area contributed by atoms with E-state index < -0.39 is 6.09 Å². The van der Waals surface area contributed by atoms with Crippen molar-refractivity contribution in [2.75, 3.05) is 13.2 Å². The lowest BCUT2D eigenvalue weighted by atomic mass is 9.98. The maximum absolute atomic E-state index is 12.1. The minimum Gasteiger partial charge on any atom is -0.449 e. The first kappa shape index (κ1) is 19.2. The zero-order chi connectivity index (χ0) is 20.8. The van der Waals surface area contributed by atoms with E-state index >= 15 is 0 Å². The van der Waals surface area contributed by atoms with E-state index in [2.05, 4.69) is 46.4 Å². The van der Waals surface area contributed by atoms with Gasteiger partial charge in [0.25, 0.3) is 0 Å². The molecule has 0 aliphatic heterocycles. The van der Waals surface area contributed by atoms with Crippen LogP contribution in [-0.4, -0.2) is 24.2 Å². The molecule has 0 spiro atoms. The minimum absolute atomic E-state index is 0.0397. The van der Waals surface area contributed by atoms with Crippen LogP contribution in [0.2, 0.25) is 0 Å². The average Bonchev–Trinajstić information content (AvgIpc) is 3.11. The molecule has 1 aromatic heterocycles. The lowest BCUT2D eigenvalue weighted by Gasteiger charge is -2.14. The summed E-state index contributed by atoms with van der Waals surface area (Å²) >= 11 is 0. The summed E-state index contributed by atoms with van der Waals surface area (Å²) in [4.78, 5) is 16.1. The van der Waals surface area contributed by atoms with Gasteiger partial charge in [-0.2, -0.15) is 5.26 Å². The summed E-state index contributed by atoms with van der Waals surface area (Å²) in [6, 6.07) is 21.9. The molecule has 1 heterocycles. The van der Waals surface area contributed by atoms with Gasteiger partial charge < -0.3 is 10.1 Å². The Bertz CT molecular complexity index is 1140. The van der Waals surface area contributed by atoms with Crippen LogP contribution in [0.3, 0.4) is 0 Å². The summed E-state index contributed by atoms with van der Waals surface area (Å²) in [5.41, 5.74) is 5.65. The quantitative estimate of drug-likeness (QED) is 0.532. The van der Waals surface area contributed by atoms with Crippen molar-refractivity contribution in [3.63, 3.8) is 0 Å². The molecule has 1 aliphatic carbocycles. The third kappa shape index (κ3) is 4.01. The highest BCUT2D eigenvalue weighted by Crippen LogP contribution is 2.44. The molecule has 1 aliphatic rings. The van der Waals surface area contributed by atoms with Crippen LogP contribution in [0.25, 0.3) is 11.1 Å². The summed E-state index contributed by atoms with van der Waals surface area (Å²) in [6.45, 7) is 0.651. The predicted molar refractivity (Wildman–Crippen MR) is 114 cm³/mol. The second-order valence-electron chi connectivity index (χ2n) is 6.82. The molecule has 0 atom stereocenters. The number of carbonyl (C=O) groups excluding carboxylic acids is 1. The Balaban J connectivity index is 1.30. The van der Waals surface area contributed by atoms with Gasteiger partial charge >= 0.3 is 6.09 Å². The van der Waals surface area contributed by atoms with Gasteiger partial charge in [-0.1, -0.05) is 60.4 Å². The third-order valence-electron chi connectivity index (χ3n) is 5.00. The molecular weight excluding hydrogens is 374 g/mol. The molecule has 0 radical (unpaired) electrons. The Morgan fingerprint density at radius 2 is 1.73 bits per heavy atom. The number of nitrogens with one attached hydrogen (secondary N) is 1. The molecule has 1 amide bonds. The first-order valence-electron chi connectivity index (χ1n) is 9.71. The molecular formula is C25H19N3O2. The molecule has 0 fully saturated rings. The fourth-order valence-corrected chi connectivity index (χ4v) is 3.63. The van der Waals surface area contributed by atoms with Crippen molar-refractivity contribution >= 4 is 6.09 Å². The number of nitrogens with zero attached hydrogens (tertiary/aromatic N) is 2. The first-order chi connectivity index (χ1) is 14.8. The molecule has 0 unspecified atom stereocenters. The van der Waals surface area contributed by atoms with Crippen molar-refractivity contribution in [1.29, 1.82) is 5.26 Å². The van der Waals surface area contributed by atoms with Gasteiger partial charge in [0.2, 0.25) is 0 Å². The molecule has 30 heavy (non-hydrogen) atoms. The fraction of sp³-hybridized carbons (Fsp3) is 0.160. The molecule has 0 saturated heterocycles. The second-order valence-corrected chi connectivity index (χ2v) is 6.82. The Morgan fingerprint density at radius 3 is 2.43 bits per heavy atom. The van der Waals surface area contributed by atoms with Gasteiger partial charge in [0, 0.05) is 25.1 Å². The third-order valence-corrected chi connectivity index (χ3v) is 5.00. The van der Waals surface area contributed by atoms with Crippen molar-refractivity contribution in [3.8, 4) is 29.0 Å². The van der Waals surface area contributed by atoms with Gasteiger partial charge in [-0.15, -0.1) is 0 Å². The van der Waals surface area contributed by atoms with Gasteiger partial charge in [-0.05, 0) is 34.4 Å². The van der Waals surface area contributed by atoms with E-state index in [-0.39, 0.29) is 12.5 Å². The number of aromatic nitrogens is 1. The highest BCUT2D eigenvalue weighted by Gasteiger charge is 2.28. The Kier molecular flexibility index (Phi) is 5.73. The van der Waals surface area contributed by atoms with Crippen LogP contribution in [0.4, 0.5) is 4.79 Å². The summed E-state index contributed by atoms with van der Waals surface area (Å²) in [7, 11) is 0. The van der Waals surface area contributed by atoms with Gasteiger partial charge in [-0.3, -0.25) is 0 Å². The zero-order valence-electron chi connectivity index (χ0n) is 16.3. The van der Waals surface area contributed by atoms with Crippen LogP contribution < -0.4 is 5.32 Å². The predicted octanol–water partition coefficient (Wildman–Crippen LogP) is 4.23. The Hall–Kier alpha value is -4.09. The average molecular weight is 393 g/mol. The lowest BCUT2D eigenvalue weighted by molar-refractivity contribution is 0.143. The van der Waals surface area contributed by atoms with E-state index in [1.807, 2.05) is 30.3 Å². The molecule has 0 bridgehead atoms. The highest BCUT2D eigenvalue weighted by atomic mass is 16.5. The van der Waals surface area contributed by atoms with Crippen LogP contribution >= 0.6 is 0 Å². The van der Waals surface area contributed by atoms with Crippen LogP contribution in [0, 0.1) is 23.2 Å². The zero-order valence-corrected chi connectivity index (χ0v) is 16.3. The van der Waals surface area contributed by atoms with E-state index in [1.165, 1.54) is 22.3 Å². The maximum atomic E-state index is 12.1. The van der Waals surface area contributed by atoms with E-state index in [1.54, 1.807) is 18.3 Å². The minimum atomic E-state index is -0.460. The van der Waals surface area contributed by atoms with E-state index in [4.69, 9.17) is 10.00 Å². The number of amides is 1. The summed E-state index contributed by atoms with van der Waals surface area (Å²) in [5, 5.41) is 11.7. The number of carbonyl (C=O) groups is 1. The number of ether oxygens (including phenoxy) is 1. The molecule has 2 aromatic carbocycles. The molecule has 146 valence electrons. The number of fused-ring (bicyclic) bond motifs is 3. The first-order valence-corrected chi connectivity index (χ1v) is 9.71. The fourth-order valence-electron chi connectivity index (χ4n) is 3.63. The molecule has 5 nitrogen and oxygen atoms in total. The van der Waals surface area contributed by atoms with Crippen molar-refractivity contribution < 1.29 is 9.53 Å². The summed E-state index contributed by atoms with van der Waals surface area (Å²) in [6.07, 6.45) is 1.55.